The van der Waals surface area contributed by atoms with E-state index in [4.69, 9.17) is 9.72 Å². The van der Waals surface area contributed by atoms with Crippen LogP contribution in [0.2, 0.25) is 0 Å². The van der Waals surface area contributed by atoms with Gasteiger partial charge < -0.3 is 10.1 Å². The maximum absolute atomic E-state index is 9.58. The van der Waals surface area contributed by atoms with E-state index in [1.54, 1.807) is 7.11 Å². The van der Waals surface area contributed by atoms with Crippen molar-refractivity contribution in [1.29, 1.82) is 5.26 Å². The molecule has 0 bridgehead atoms. The van der Waals surface area contributed by atoms with Crippen LogP contribution >= 0.6 is 0 Å². The highest BCUT2D eigenvalue weighted by atomic mass is 16.5. The molecule has 0 saturated heterocycles. The van der Waals surface area contributed by atoms with Gasteiger partial charge in [0.05, 0.1) is 12.2 Å². The Balaban J connectivity index is 1.96. The van der Waals surface area contributed by atoms with Crippen LogP contribution in [0.25, 0.3) is 0 Å². The Bertz CT molecular complexity index is 571. The minimum atomic E-state index is 0.594. The largest absolute Gasteiger partial charge is 0.383 e. The van der Waals surface area contributed by atoms with Crippen molar-refractivity contribution in [1.82, 2.24) is 4.98 Å². The molecule has 1 heterocycles. The Morgan fingerprint density at radius 2 is 1.95 bits per heavy atom. The molecule has 0 atom stereocenters. The van der Waals surface area contributed by atoms with Gasteiger partial charge in [-0.3, -0.25) is 0 Å². The van der Waals surface area contributed by atoms with Gasteiger partial charge in [0.2, 0.25) is 0 Å². The first-order chi connectivity index (χ1) is 10.8. The van der Waals surface area contributed by atoms with E-state index in [0.717, 1.165) is 30.6 Å². The van der Waals surface area contributed by atoms with Crippen LogP contribution in [0.5, 0.6) is 0 Å². The molecule has 0 aromatic carbocycles. The topological polar surface area (TPSA) is 57.9 Å². The Morgan fingerprint density at radius 3 is 2.68 bits per heavy atom. The molecule has 3 rings (SSSR count). The normalized spacial score (nSPS) is 18.0. The van der Waals surface area contributed by atoms with E-state index in [1.807, 2.05) is 0 Å². The fourth-order valence-corrected chi connectivity index (χ4v) is 3.92. The third kappa shape index (κ3) is 2.96. The van der Waals surface area contributed by atoms with Crippen LogP contribution in [0.1, 0.15) is 66.8 Å². The number of nitrogens with one attached hydrogen (secondary N) is 1. The van der Waals surface area contributed by atoms with E-state index in [2.05, 4.69) is 11.4 Å². The van der Waals surface area contributed by atoms with Crippen LogP contribution in [-0.2, 0) is 17.6 Å². The number of rotatable bonds is 5. The quantitative estimate of drug-likeness (QED) is 0.845. The molecule has 4 nitrogen and oxygen atoms in total. The average Bonchev–Trinajstić information content (AvgIpc) is 3.04. The molecule has 1 aromatic heterocycles. The molecule has 0 radical (unpaired) electrons. The van der Waals surface area contributed by atoms with Gasteiger partial charge in [-0.2, -0.15) is 5.26 Å². The van der Waals surface area contributed by atoms with Gasteiger partial charge in [-0.05, 0) is 43.2 Å². The van der Waals surface area contributed by atoms with Gasteiger partial charge in [0.25, 0.3) is 0 Å². The number of pyridine rings is 1. The predicted octanol–water partition coefficient (Wildman–Crippen LogP) is 3.55. The van der Waals surface area contributed by atoms with Crippen molar-refractivity contribution in [2.45, 2.75) is 57.3 Å². The predicted molar refractivity (Wildman–Crippen MR) is 87.2 cm³/mol. The van der Waals surface area contributed by atoms with Gasteiger partial charge in [-0.25, -0.2) is 4.98 Å². The molecule has 2 aliphatic carbocycles. The molecule has 0 amide bonds. The molecule has 0 unspecified atom stereocenters. The smallest absolute Gasteiger partial charge is 0.144 e. The molecule has 1 saturated carbocycles. The third-order valence-electron chi connectivity index (χ3n) is 5.00. The van der Waals surface area contributed by atoms with Crippen LogP contribution in [0.15, 0.2) is 0 Å². The van der Waals surface area contributed by atoms with Crippen LogP contribution in [0.4, 0.5) is 5.82 Å². The van der Waals surface area contributed by atoms with Crippen molar-refractivity contribution in [3.8, 4) is 6.07 Å². The van der Waals surface area contributed by atoms with E-state index >= 15 is 0 Å². The van der Waals surface area contributed by atoms with Crippen molar-refractivity contribution in [3.05, 3.63) is 22.4 Å². The summed E-state index contributed by atoms with van der Waals surface area (Å²) in [6, 6.07) is 2.39. The molecular weight excluding hydrogens is 274 g/mol. The summed E-state index contributed by atoms with van der Waals surface area (Å²) in [4.78, 5) is 4.92. The Hall–Kier alpha value is -1.60. The van der Waals surface area contributed by atoms with Crippen molar-refractivity contribution >= 4 is 5.82 Å². The number of anilines is 1. The van der Waals surface area contributed by atoms with Crippen molar-refractivity contribution in [2.75, 3.05) is 25.6 Å². The van der Waals surface area contributed by atoms with E-state index < -0.39 is 0 Å². The van der Waals surface area contributed by atoms with Crippen molar-refractivity contribution in [3.63, 3.8) is 0 Å². The number of aromatic nitrogens is 1. The molecule has 118 valence electrons. The lowest BCUT2D eigenvalue weighted by atomic mass is 9.84. The maximum atomic E-state index is 9.58. The number of nitriles is 1. The van der Waals surface area contributed by atoms with Crippen LogP contribution < -0.4 is 5.32 Å². The minimum Gasteiger partial charge on any atom is -0.383 e. The van der Waals surface area contributed by atoms with Gasteiger partial charge in [0.1, 0.15) is 11.9 Å². The minimum absolute atomic E-state index is 0.594. The molecule has 0 spiro atoms. The summed E-state index contributed by atoms with van der Waals surface area (Å²) in [5.74, 6) is 1.37. The van der Waals surface area contributed by atoms with Gasteiger partial charge >= 0.3 is 0 Å². The monoisotopic (exact) mass is 299 g/mol. The summed E-state index contributed by atoms with van der Waals surface area (Å²) in [7, 11) is 1.69. The number of ether oxygens (including phenoxy) is 1. The first-order valence-corrected chi connectivity index (χ1v) is 8.53. The first kappa shape index (κ1) is 15.3. The van der Waals surface area contributed by atoms with Crippen molar-refractivity contribution in [2.24, 2.45) is 0 Å². The van der Waals surface area contributed by atoms with E-state index in [-0.39, 0.29) is 0 Å². The van der Waals surface area contributed by atoms with Crippen LogP contribution in [0, 0.1) is 11.3 Å². The Labute approximate surface area is 132 Å². The zero-order valence-corrected chi connectivity index (χ0v) is 13.5. The van der Waals surface area contributed by atoms with Crippen LogP contribution in [-0.4, -0.2) is 25.2 Å². The highest BCUT2D eigenvalue weighted by molar-refractivity contribution is 5.61. The molecule has 1 N–H and O–H groups in total. The zero-order valence-electron chi connectivity index (χ0n) is 13.5. The van der Waals surface area contributed by atoms with Gasteiger partial charge in [-0.15, -0.1) is 0 Å². The lowest BCUT2D eigenvalue weighted by molar-refractivity contribution is 0.210. The van der Waals surface area contributed by atoms with Crippen LogP contribution in [0.3, 0.4) is 0 Å². The maximum Gasteiger partial charge on any atom is 0.144 e. The number of fused-ring (bicyclic) bond motifs is 1. The molecular formula is C18H25N3O. The summed E-state index contributed by atoms with van der Waals surface area (Å²) in [6.45, 7) is 1.32. The lowest BCUT2D eigenvalue weighted by Crippen LogP contribution is -2.16. The second-order valence-electron chi connectivity index (χ2n) is 6.40. The summed E-state index contributed by atoms with van der Waals surface area (Å²) >= 11 is 0. The number of nitrogens with zero attached hydrogens (tertiary/aromatic N) is 2. The molecule has 1 aromatic rings. The molecule has 1 fully saturated rings. The highest BCUT2D eigenvalue weighted by Crippen LogP contribution is 2.39. The van der Waals surface area contributed by atoms with E-state index in [9.17, 15) is 5.26 Å². The van der Waals surface area contributed by atoms with E-state index in [1.165, 1.54) is 48.9 Å². The summed E-state index contributed by atoms with van der Waals surface area (Å²) in [5.41, 5.74) is 4.70. The molecule has 0 aliphatic heterocycles. The fourth-order valence-electron chi connectivity index (χ4n) is 3.92. The van der Waals surface area contributed by atoms with Gasteiger partial charge in [0, 0.05) is 25.3 Å². The number of hydrogen-bond donors (Lipinski definition) is 1. The molecule has 22 heavy (non-hydrogen) atoms. The standard InChI is InChI=1S/C18H25N3O/c1-22-11-10-20-18-16(12-19)14-8-5-9-15(14)17(21-18)13-6-3-2-4-7-13/h13H,2-11H2,1H3,(H,20,21). The SMILES string of the molecule is COCCNc1nc(C2CCCCC2)c2c(c1C#N)CCC2. The van der Waals surface area contributed by atoms with Gasteiger partial charge in [0.15, 0.2) is 0 Å². The molecule has 2 aliphatic rings. The zero-order chi connectivity index (χ0) is 15.4. The number of methoxy groups -OCH3 is 1. The summed E-state index contributed by atoms with van der Waals surface area (Å²) in [6.07, 6.45) is 9.77. The fraction of sp³-hybridized carbons (Fsp3) is 0.667. The molecule has 4 heteroatoms. The van der Waals surface area contributed by atoms with E-state index in [0.29, 0.717) is 19.1 Å². The Kier molecular flexibility index (Phi) is 4.94. The summed E-state index contributed by atoms with van der Waals surface area (Å²) in [5, 5.41) is 12.9. The average molecular weight is 299 g/mol. The first-order valence-electron chi connectivity index (χ1n) is 8.53. The third-order valence-corrected chi connectivity index (χ3v) is 5.00. The van der Waals surface area contributed by atoms with Crippen molar-refractivity contribution < 1.29 is 4.74 Å². The second kappa shape index (κ2) is 7.11. The highest BCUT2D eigenvalue weighted by Gasteiger charge is 2.28. The second-order valence-corrected chi connectivity index (χ2v) is 6.40. The van der Waals surface area contributed by atoms with Gasteiger partial charge in [-0.1, -0.05) is 19.3 Å². The lowest BCUT2D eigenvalue weighted by Gasteiger charge is -2.25. The summed E-state index contributed by atoms with van der Waals surface area (Å²) < 4.78 is 5.10. The number of hydrogen-bond acceptors (Lipinski definition) is 4. The Morgan fingerprint density at radius 1 is 1.18 bits per heavy atom.